The third kappa shape index (κ3) is 51.6. The molecule has 0 aromatic heterocycles. The molecule has 0 aromatic rings. The van der Waals surface area contributed by atoms with Gasteiger partial charge < -0.3 is 20.3 Å². The summed E-state index contributed by atoms with van der Waals surface area (Å²) in [6.07, 6.45) is 74.3. The fourth-order valence-electron chi connectivity index (χ4n) is 9.02. The molecule has 0 spiro atoms. The standard InChI is InChI=1S/C64H115NO5/c1-4-7-10-13-16-19-22-25-28-31-33-36-39-42-45-48-51-54-57-64(69)70-60(55-52-49-46-43-40-37-34-32-29-26-23-20-17-14-11-8-5-2)58-63(68)65-61(59-66)62(67)56-53-50-47-44-41-38-35-30-27-24-21-18-15-12-9-6-3/h8,11,17,20,26,29,34,37,43,46,52,55,60-62,66-67H,4-7,9-10,12-16,18-19,21-25,27-28,30-33,35-36,38-42,44-45,47-51,53-54,56-59H2,1-3H3,(H,65,68)/b11-8-,20-17-,29-26-,37-34-,46-43-,55-52-. The molecule has 0 aromatic carbocycles. The quantitative estimate of drug-likeness (QED) is 0.0321. The van der Waals surface area contributed by atoms with E-state index in [0.717, 1.165) is 70.6 Å². The Balaban J connectivity index is 4.67. The first-order valence-electron chi connectivity index (χ1n) is 30.2. The van der Waals surface area contributed by atoms with Crippen molar-refractivity contribution in [3.8, 4) is 0 Å². The van der Waals surface area contributed by atoms with E-state index >= 15 is 0 Å². The highest BCUT2D eigenvalue weighted by atomic mass is 16.5. The van der Waals surface area contributed by atoms with Crippen molar-refractivity contribution in [3.63, 3.8) is 0 Å². The van der Waals surface area contributed by atoms with Crippen LogP contribution in [0.1, 0.15) is 297 Å². The number of carbonyl (C=O) groups is 2. The van der Waals surface area contributed by atoms with E-state index in [-0.39, 0.29) is 24.9 Å². The minimum atomic E-state index is -0.822. The van der Waals surface area contributed by atoms with Gasteiger partial charge in [-0.05, 0) is 57.4 Å². The summed E-state index contributed by atoms with van der Waals surface area (Å²) in [5.74, 6) is -0.619. The van der Waals surface area contributed by atoms with Crippen molar-refractivity contribution >= 4 is 11.9 Å². The summed E-state index contributed by atoms with van der Waals surface area (Å²) >= 11 is 0. The molecule has 0 aliphatic heterocycles. The Morgan fingerprint density at radius 2 is 0.743 bits per heavy atom. The number of aliphatic hydroxyl groups excluding tert-OH is 2. The minimum Gasteiger partial charge on any atom is -0.458 e. The van der Waals surface area contributed by atoms with Gasteiger partial charge in [0.25, 0.3) is 0 Å². The molecule has 3 N–H and O–H groups in total. The van der Waals surface area contributed by atoms with Gasteiger partial charge in [-0.15, -0.1) is 0 Å². The number of aliphatic hydroxyl groups is 2. The molecule has 0 fully saturated rings. The average Bonchev–Trinajstić information content (AvgIpc) is 3.35. The lowest BCUT2D eigenvalue weighted by Crippen LogP contribution is -2.46. The number of hydrogen-bond acceptors (Lipinski definition) is 5. The number of hydrogen-bond donors (Lipinski definition) is 3. The highest BCUT2D eigenvalue weighted by Gasteiger charge is 2.23. The monoisotopic (exact) mass is 978 g/mol. The number of rotatable bonds is 54. The van der Waals surface area contributed by atoms with Crippen molar-refractivity contribution in [1.82, 2.24) is 5.32 Å². The number of nitrogens with one attached hydrogen (secondary N) is 1. The van der Waals surface area contributed by atoms with Crippen LogP contribution in [0.25, 0.3) is 0 Å². The van der Waals surface area contributed by atoms with Gasteiger partial charge in [0.1, 0.15) is 6.10 Å². The SMILES string of the molecule is CC/C=C\C/C=C\C/C=C\C/C=C\C/C=C\C/C=C\C(CC(=O)NC(CO)C(O)CCCCCCCCCCCCCCCCCC)OC(=O)CCCCCCCCCCCCCCCCCCCC. The smallest absolute Gasteiger partial charge is 0.306 e. The van der Waals surface area contributed by atoms with Crippen LogP contribution in [-0.2, 0) is 14.3 Å². The predicted molar refractivity (Wildman–Crippen MR) is 305 cm³/mol. The first-order chi connectivity index (χ1) is 34.5. The zero-order valence-corrected chi connectivity index (χ0v) is 46.4. The van der Waals surface area contributed by atoms with Crippen LogP contribution >= 0.6 is 0 Å². The molecule has 0 aliphatic rings. The van der Waals surface area contributed by atoms with Crippen molar-refractivity contribution in [3.05, 3.63) is 72.9 Å². The van der Waals surface area contributed by atoms with Gasteiger partial charge in [-0.2, -0.15) is 0 Å². The Morgan fingerprint density at radius 1 is 0.429 bits per heavy atom. The second-order valence-electron chi connectivity index (χ2n) is 20.4. The van der Waals surface area contributed by atoms with Gasteiger partial charge >= 0.3 is 5.97 Å². The fourth-order valence-corrected chi connectivity index (χ4v) is 9.02. The first-order valence-corrected chi connectivity index (χ1v) is 30.2. The molecule has 6 heteroatoms. The molecule has 3 atom stereocenters. The molecule has 0 bridgehead atoms. The third-order valence-corrected chi connectivity index (χ3v) is 13.5. The molecule has 3 unspecified atom stereocenters. The van der Waals surface area contributed by atoms with Gasteiger partial charge in [-0.1, -0.05) is 299 Å². The largest absolute Gasteiger partial charge is 0.458 e. The second-order valence-corrected chi connectivity index (χ2v) is 20.4. The Kier molecular flexibility index (Phi) is 55.0. The van der Waals surface area contributed by atoms with Gasteiger partial charge in [0.05, 0.1) is 25.2 Å². The number of unbranched alkanes of at least 4 members (excludes halogenated alkanes) is 32. The maximum atomic E-state index is 13.3. The predicted octanol–water partition coefficient (Wildman–Crippen LogP) is 18.9. The molecule has 0 heterocycles. The van der Waals surface area contributed by atoms with Crippen molar-refractivity contribution in [2.45, 2.75) is 315 Å². The summed E-state index contributed by atoms with van der Waals surface area (Å²) in [7, 11) is 0. The summed E-state index contributed by atoms with van der Waals surface area (Å²) in [5.41, 5.74) is 0. The van der Waals surface area contributed by atoms with Gasteiger partial charge in [0, 0.05) is 6.42 Å². The van der Waals surface area contributed by atoms with Gasteiger partial charge in [0.15, 0.2) is 0 Å². The fraction of sp³-hybridized carbons (Fsp3) is 0.781. The average molecular weight is 979 g/mol. The van der Waals surface area contributed by atoms with Gasteiger partial charge in [0.2, 0.25) is 5.91 Å². The Bertz CT molecular complexity index is 1280. The van der Waals surface area contributed by atoms with E-state index in [9.17, 15) is 19.8 Å². The van der Waals surface area contributed by atoms with Gasteiger partial charge in [-0.3, -0.25) is 9.59 Å². The summed E-state index contributed by atoms with van der Waals surface area (Å²) in [6, 6.07) is -0.745. The Labute approximate surface area is 434 Å². The highest BCUT2D eigenvalue weighted by Crippen LogP contribution is 2.18. The van der Waals surface area contributed by atoms with Crippen molar-refractivity contribution in [2.24, 2.45) is 0 Å². The number of ether oxygens (including phenoxy) is 1. The van der Waals surface area contributed by atoms with E-state index in [4.69, 9.17) is 4.74 Å². The Morgan fingerprint density at radius 3 is 1.09 bits per heavy atom. The minimum absolute atomic E-state index is 0.0463. The summed E-state index contributed by atoms with van der Waals surface area (Å²) in [5, 5.41) is 23.9. The summed E-state index contributed by atoms with van der Waals surface area (Å²) in [4.78, 5) is 26.3. The Hall–Kier alpha value is -2.70. The molecular formula is C64H115NO5. The number of esters is 1. The number of carbonyl (C=O) groups excluding carboxylic acids is 2. The zero-order valence-electron chi connectivity index (χ0n) is 46.4. The molecule has 0 rings (SSSR count). The lowest BCUT2D eigenvalue weighted by Gasteiger charge is -2.23. The van der Waals surface area contributed by atoms with E-state index < -0.39 is 18.2 Å². The molecule has 0 saturated carbocycles. The second kappa shape index (κ2) is 57.2. The maximum absolute atomic E-state index is 13.3. The molecule has 1 amide bonds. The van der Waals surface area contributed by atoms with E-state index in [0.29, 0.717) is 19.3 Å². The van der Waals surface area contributed by atoms with Crippen LogP contribution in [-0.4, -0.2) is 46.9 Å². The zero-order chi connectivity index (χ0) is 50.9. The molecule has 70 heavy (non-hydrogen) atoms. The van der Waals surface area contributed by atoms with Crippen molar-refractivity contribution in [1.29, 1.82) is 0 Å². The molecule has 0 radical (unpaired) electrons. The van der Waals surface area contributed by atoms with Crippen molar-refractivity contribution < 1.29 is 24.5 Å². The van der Waals surface area contributed by atoms with E-state index in [2.05, 4.69) is 86.8 Å². The van der Waals surface area contributed by atoms with Crippen LogP contribution in [0, 0.1) is 0 Å². The normalized spacial score (nSPS) is 13.6. The van der Waals surface area contributed by atoms with Crippen LogP contribution < -0.4 is 5.32 Å². The van der Waals surface area contributed by atoms with Crippen LogP contribution in [0.4, 0.5) is 0 Å². The highest BCUT2D eigenvalue weighted by molar-refractivity contribution is 5.78. The summed E-state index contributed by atoms with van der Waals surface area (Å²) in [6.45, 7) is 6.37. The van der Waals surface area contributed by atoms with Crippen molar-refractivity contribution in [2.75, 3.05) is 6.61 Å². The first kappa shape index (κ1) is 67.3. The van der Waals surface area contributed by atoms with E-state index in [1.165, 1.54) is 180 Å². The van der Waals surface area contributed by atoms with Crippen LogP contribution in [0.2, 0.25) is 0 Å². The third-order valence-electron chi connectivity index (χ3n) is 13.5. The van der Waals surface area contributed by atoms with E-state index in [1.54, 1.807) is 0 Å². The number of amides is 1. The van der Waals surface area contributed by atoms with E-state index in [1.807, 2.05) is 12.2 Å². The van der Waals surface area contributed by atoms with Crippen LogP contribution in [0.3, 0.4) is 0 Å². The lowest BCUT2D eigenvalue weighted by molar-refractivity contribution is -0.148. The van der Waals surface area contributed by atoms with Crippen LogP contribution in [0.5, 0.6) is 0 Å². The molecule has 406 valence electrons. The molecule has 0 aliphatic carbocycles. The molecular weight excluding hydrogens is 863 g/mol. The molecule has 6 nitrogen and oxygen atoms in total. The van der Waals surface area contributed by atoms with Crippen LogP contribution in [0.15, 0.2) is 72.9 Å². The lowest BCUT2D eigenvalue weighted by atomic mass is 10.0. The van der Waals surface area contributed by atoms with Gasteiger partial charge in [-0.25, -0.2) is 0 Å². The maximum Gasteiger partial charge on any atom is 0.306 e. The number of allylic oxidation sites excluding steroid dienone is 11. The molecule has 0 saturated heterocycles. The topological polar surface area (TPSA) is 95.9 Å². The summed E-state index contributed by atoms with van der Waals surface area (Å²) < 4.78 is 5.86.